The molecule has 0 N–H and O–H groups in total. The van der Waals surface area contributed by atoms with E-state index in [0.29, 0.717) is 30.9 Å². The Morgan fingerprint density at radius 1 is 0.821 bits per heavy atom. The van der Waals surface area contributed by atoms with Gasteiger partial charge in [-0.05, 0) is 25.3 Å². The van der Waals surface area contributed by atoms with Crippen molar-refractivity contribution in [3.63, 3.8) is 0 Å². The lowest BCUT2D eigenvalue weighted by atomic mass is 10.1. The van der Waals surface area contributed by atoms with E-state index >= 15 is 0 Å². The number of halogens is 3. The highest BCUT2D eigenvalue weighted by Crippen LogP contribution is 2.35. The molecule has 0 fully saturated rings. The number of benzene rings is 1. The Hall–Kier alpha value is -0.970. The topological polar surface area (TPSA) is 52.6 Å². The molecule has 28 heavy (non-hydrogen) atoms. The fourth-order valence-electron chi connectivity index (χ4n) is 2.64. The maximum atomic E-state index is 11.9. The van der Waals surface area contributed by atoms with Gasteiger partial charge in [-0.3, -0.25) is 9.59 Å². The van der Waals surface area contributed by atoms with Gasteiger partial charge in [0.25, 0.3) is 0 Å². The van der Waals surface area contributed by atoms with E-state index in [0.717, 1.165) is 12.8 Å². The quantitative estimate of drug-likeness (QED) is 0.128. The number of esters is 2. The predicted octanol–water partition coefficient (Wildman–Crippen LogP) is 7.41. The zero-order valence-electron chi connectivity index (χ0n) is 16.4. The molecule has 1 aromatic rings. The second-order valence-electron chi connectivity index (χ2n) is 6.72. The van der Waals surface area contributed by atoms with Gasteiger partial charge >= 0.3 is 11.9 Å². The average Bonchev–Trinajstić information content (AvgIpc) is 2.65. The number of carbonyl (C=O) groups excluding carboxylic acids is 2. The van der Waals surface area contributed by atoms with Crippen molar-refractivity contribution in [2.24, 2.45) is 0 Å². The van der Waals surface area contributed by atoms with Crippen molar-refractivity contribution in [1.82, 2.24) is 0 Å². The Balaban J connectivity index is 2.08. The van der Waals surface area contributed by atoms with E-state index in [1.54, 1.807) is 0 Å². The number of ether oxygens (including phenoxy) is 2. The summed E-state index contributed by atoms with van der Waals surface area (Å²) in [5.74, 6) is -0.529. The summed E-state index contributed by atoms with van der Waals surface area (Å²) in [5.41, 5.74) is 0. The molecule has 4 nitrogen and oxygen atoms in total. The number of hydrogen-bond acceptors (Lipinski definition) is 4. The monoisotopic (exact) mass is 450 g/mol. The summed E-state index contributed by atoms with van der Waals surface area (Å²) in [6.45, 7) is 2.68. The summed E-state index contributed by atoms with van der Waals surface area (Å²) in [5, 5.41) is 0.704. The van der Waals surface area contributed by atoms with Crippen molar-refractivity contribution in [3.05, 3.63) is 27.2 Å². The van der Waals surface area contributed by atoms with Crippen LogP contribution in [0.3, 0.4) is 0 Å². The van der Waals surface area contributed by atoms with Crippen molar-refractivity contribution in [2.75, 3.05) is 6.61 Å². The fourth-order valence-corrected chi connectivity index (χ4v) is 3.26. The van der Waals surface area contributed by atoms with Gasteiger partial charge in [-0.15, -0.1) is 0 Å². The van der Waals surface area contributed by atoms with E-state index in [4.69, 9.17) is 44.3 Å². The second kappa shape index (κ2) is 14.9. The van der Waals surface area contributed by atoms with Crippen LogP contribution in [0.15, 0.2) is 12.1 Å². The van der Waals surface area contributed by atoms with Gasteiger partial charge in [0, 0.05) is 23.9 Å². The van der Waals surface area contributed by atoms with E-state index in [2.05, 4.69) is 6.92 Å². The van der Waals surface area contributed by atoms with Crippen molar-refractivity contribution >= 4 is 46.7 Å². The van der Waals surface area contributed by atoms with Gasteiger partial charge in [-0.2, -0.15) is 0 Å². The van der Waals surface area contributed by atoms with Gasteiger partial charge in [0.15, 0.2) is 5.75 Å². The normalized spacial score (nSPS) is 10.7. The molecule has 0 heterocycles. The molecule has 0 saturated heterocycles. The SMILES string of the molecule is CCCCCCCCCOC(=O)CCCCC(=O)Oc1cc(Cl)cc(Cl)c1Cl. The number of hydrogen-bond donors (Lipinski definition) is 0. The highest BCUT2D eigenvalue weighted by atomic mass is 35.5. The third-order valence-corrected chi connectivity index (χ3v) is 5.21. The molecule has 0 unspecified atom stereocenters. The van der Waals surface area contributed by atoms with E-state index in [1.165, 1.54) is 44.2 Å². The Bertz CT molecular complexity index is 620. The van der Waals surface area contributed by atoms with Gasteiger partial charge in [0.1, 0.15) is 5.02 Å². The maximum Gasteiger partial charge on any atom is 0.311 e. The van der Waals surface area contributed by atoms with Crippen LogP contribution in [-0.4, -0.2) is 18.5 Å². The van der Waals surface area contributed by atoms with Gasteiger partial charge in [0.2, 0.25) is 0 Å². The fraction of sp³-hybridized carbons (Fsp3) is 0.619. The summed E-state index contributed by atoms with van der Waals surface area (Å²) < 4.78 is 10.4. The smallest absolute Gasteiger partial charge is 0.311 e. The molecule has 1 rings (SSSR count). The summed E-state index contributed by atoms with van der Waals surface area (Å²) in [6.07, 6.45) is 9.85. The largest absolute Gasteiger partial charge is 0.466 e. The highest BCUT2D eigenvalue weighted by molar-refractivity contribution is 6.44. The molecule has 0 bridgehead atoms. The van der Waals surface area contributed by atoms with Crippen LogP contribution in [0.2, 0.25) is 15.1 Å². The molecule has 0 amide bonds. The zero-order valence-corrected chi connectivity index (χ0v) is 18.7. The highest BCUT2D eigenvalue weighted by Gasteiger charge is 2.13. The summed E-state index contributed by atoms with van der Waals surface area (Å²) in [4.78, 5) is 23.6. The number of carbonyl (C=O) groups is 2. The Morgan fingerprint density at radius 3 is 2.11 bits per heavy atom. The molecule has 0 aromatic heterocycles. The van der Waals surface area contributed by atoms with Crippen molar-refractivity contribution in [1.29, 1.82) is 0 Å². The minimum atomic E-state index is -0.448. The Kier molecular flexibility index (Phi) is 13.4. The standard InChI is InChI=1S/C21H29Cl3O4/c1-2-3-4-5-6-7-10-13-27-19(25)11-8-9-12-20(26)28-18-15-16(22)14-17(23)21(18)24/h14-15H,2-13H2,1H3. The molecule has 0 saturated carbocycles. The summed E-state index contributed by atoms with van der Waals surface area (Å²) in [7, 11) is 0. The first-order valence-electron chi connectivity index (χ1n) is 9.95. The lowest BCUT2D eigenvalue weighted by Gasteiger charge is -2.08. The lowest BCUT2D eigenvalue weighted by Crippen LogP contribution is -2.09. The van der Waals surface area contributed by atoms with Crippen LogP contribution in [0.5, 0.6) is 5.75 Å². The summed E-state index contributed by atoms with van der Waals surface area (Å²) >= 11 is 17.8. The Labute approximate surface area is 182 Å². The van der Waals surface area contributed by atoms with Crippen molar-refractivity contribution < 1.29 is 19.1 Å². The van der Waals surface area contributed by atoms with Gasteiger partial charge in [-0.1, -0.05) is 80.3 Å². The van der Waals surface area contributed by atoms with E-state index in [9.17, 15) is 9.59 Å². The van der Waals surface area contributed by atoms with Crippen LogP contribution in [0.4, 0.5) is 0 Å². The van der Waals surface area contributed by atoms with Crippen LogP contribution in [0, 0.1) is 0 Å². The molecular weight excluding hydrogens is 423 g/mol. The first kappa shape index (κ1) is 25.1. The molecule has 158 valence electrons. The van der Waals surface area contributed by atoms with Crippen LogP contribution in [0.25, 0.3) is 0 Å². The lowest BCUT2D eigenvalue weighted by molar-refractivity contribution is -0.144. The van der Waals surface area contributed by atoms with Crippen LogP contribution < -0.4 is 4.74 Å². The molecule has 0 atom stereocenters. The van der Waals surface area contributed by atoms with Gasteiger partial charge in [-0.25, -0.2) is 0 Å². The number of rotatable bonds is 14. The molecule has 0 radical (unpaired) electrons. The molecule has 0 aliphatic rings. The van der Waals surface area contributed by atoms with Crippen LogP contribution in [-0.2, 0) is 14.3 Å². The minimum Gasteiger partial charge on any atom is -0.466 e. The maximum absolute atomic E-state index is 11.9. The third-order valence-electron chi connectivity index (χ3n) is 4.21. The van der Waals surface area contributed by atoms with Crippen molar-refractivity contribution in [2.45, 2.75) is 77.6 Å². The molecule has 1 aromatic carbocycles. The van der Waals surface area contributed by atoms with Crippen LogP contribution >= 0.6 is 34.8 Å². The zero-order chi connectivity index (χ0) is 20.8. The summed E-state index contributed by atoms with van der Waals surface area (Å²) in [6, 6.07) is 2.91. The van der Waals surface area contributed by atoms with Gasteiger partial charge in [0.05, 0.1) is 11.6 Å². The predicted molar refractivity (Wildman–Crippen MR) is 115 cm³/mol. The molecular formula is C21H29Cl3O4. The molecule has 0 spiro atoms. The molecule has 7 heteroatoms. The Morgan fingerprint density at radius 2 is 1.43 bits per heavy atom. The van der Waals surface area contributed by atoms with E-state index in [1.807, 2.05) is 0 Å². The van der Waals surface area contributed by atoms with Crippen molar-refractivity contribution in [3.8, 4) is 5.75 Å². The second-order valence-corrected chi connectivity index (χ2v) is 7.94. The first-order chi connectivity index (χ1) is 13.4. The minimum absolute atomic E-state index is 0.137. The molecule has 0 aliphatic carbocycles. The molecule has 0 aliphatic heterocycles. The van der Waals surface area contributed by atoms with Crippen LogP contribution in [0.1, 0.15) is 77.6 Å². The average molecular weight is 452 g/mol. The number of unbranched alkanes of at least 4 members (excludes halogenated alkanes) is 7. The van der Waals surface area contributed by atoms with E-state index < -0.39 is 5.97 Å². The van der Waals surface area contributed by atoms with Gasteiger partial charge < -0.3 is 9.47 Å². The first-order valence-corrected chi connectivity index (χ1v) is 11.1. The van der Waals surface area contributed by atoms with E-state index in [-0.39, 0.29) is 28.2 Å². The third kappa shape index (κ3) is 11.1.